The van der Waals surface area contributed by atoms with E-state index in [1.54, 1.807) is 24.1 Å². The molecule has 2 rings (SSSR count). The number of ether oxygens (including phenoxy) is 1. The molecule has 0 heterocycles. The second kappa shape index (κ2) is 12.4. The summed E-state index contributed by atoms with van der Waals surface area (Å²) in [7, 11) is 1.48. The van der Waals surface area contributed by atoms with Gasteiger partial charge in [-0.25, -0.2) is 4.79 Å². The molecule has 0 saturated heterocycles. The molecule has 0 aliphatic heterocycles. The predicted octanol–water partition coefficient (Wildman–Crippen LogP) is 5.47. The third-order valence-electron chi connectivity index (χ3n) is 6.18. The molecule has 0 spiro atoms. The molecular formula is C26H40N2O5S. The lowest BCUT2D eigenvalue weighted by atomic mass is 10.1. The molecule has 1 fully saturated rings. The molecule has 1 saturated carbocycles. The largest absolute Gasteiger partial charge is 0.457 e. The van der Waals surface area contributed by atoms with Crippen molar-refractivity contribution in [3.63, 3.8) is 0 Å². The number of carbonyl (C=O) groups is 3. The molecule has 2 aliphatic carbocycles. The quantitative estimate of drug-likeness (QED) is 0.159. The zero-order valence-corrected chi connectivity index (χ0v) is 22.8. The van der Waals surface area contributed by atoms with Crippen molar-refractivity contribution in [2.75, 3.05) is 13.3 Å². The summed E-state index contributed by atoms with van der Waals surface area (Å²) in [6, 6.07) is 0. The van der Waals surface area contributed by atoms with Gasteiger partial charge in [-0.15, -0.1) is 6.58 Å². The average Bonchev–Trinajstić information content (AvgIpc) is 3.18. The Morgan fingerprint density at radius 2 is 1.94 bits per heavy atom. The minimum Gasteiger partial charge on any atom is -0.457 e. The van der Waals surface area contributed by atoms with Gasteiger partial charge in [0.15, 0.2) is 5.78 Å². The molecular weight excluding hydrogens is 452 g/mol. The van der Waals surface area contributed by atoms with Crippen molar-refractivity contribution in [3.8, 4) is 0 Å². The highest BCUT2D eigenvalue weighted by atomic mass is 32.2. The van der Waals surface area contributed by atoms with Crippen LogP contribution in [0.1, 0.15) is 61.3 Å². The van der Waals surface area contributed by atoms with E-state index in [1.165, 1.54) is 12.6 Å². The number of Topliss-reactive ketones (excluding diaryl/α,β-unsaturated/α-hetero) is 1. The predicted molar refractivity (Wildman–Crippen MR) is 139 cm³/mol. The highest BCUT2D eigenvalue weighted by Crippen LogP contribution is 2.60. The summed E-state index contributed by atoms with van der Waals surface area (Å²) in [5.74, 6) is 0.0309. The number of hydrogen-bond donors (Lipinski definition) is 1. The van der Waals surface area contributed by atoms with Crippen LogP contribution < -0.4 is 5.32 Å². The third-order valence-corrected chi connectivity index (χ3v) is 7.34. The molecule has 190 valence electrons. The molecule has 1 amide bonds. The van der Waals surface area contributed by atoms with Gasteiger partial charge in [-0.3, -0.25) is 14.4 Å². The smallest absolute Gasteiger partial charge is 0.433 e. The van der Waals surface area contributed by atoms with Crippen LogP contribution in [0.4, 0.5) is 4.79 Å². The average molecular weight is 493 g/mol. The van der Waals surface area contributed by atoms with E-state index >= 15 is 0 Å². The van der Waals surface area contributed by atoms with Crippen LogP contribution in [-0.2, 0) is 19.2 Å². The molecule has 0 bridgehead atoms. The Balaban J connectivity index is 0.000000411. The minimum absolute atomic E-state index is 0.0570. The van der Waals surface area contributed by atoms with Crippen molar-refractivity contribution in [2.45, 2.75) is 72.2 Å². The van der Waals surface area contributed by atoms with Crippen molar-refractivity contribution >= 4 is 35.8 Å². The summed E-state index contributed by atoms with van der Waals surface area (Å²) in [5.41, 5.74) is 2.80. The van der Waals surface area contributed by atoms with Crippen molar-refractivity contribution < 1.29 is 24.0 Å². The molecule has 0 aromatic heterocycles. The number of allylic oxidation sites excluding steroid dienone is 4. The Bertz CT molecular complexity index is 882. The molecule has 0 aromatic carbocycles. The lowest BCUT2D eigenvalue weighted by Crippen LogP contribution is -2.20. The standard InChI is InChI=1S/C19H26O3.C7H14N2O2S/c1-7-8-13-12(4)16(10-15(13)20)22-18(21)17-14(9-11(2)3)19(17,5)6;1-7(2,12-4)5-9-11-6(10)8-3/h7,9,14,16-17H,1,8,10H2,2-6H3;5H,1-4H3,(H,8,10)/b;9-5+. The summed E-state index contributed by atoms with van der Waals surface area (Å²) < 4.78 is 5.56. The van der Waals surface area contributed by atoms with Crippen LogP contribution in [0.25, 0.3) is 0 Å². The monoisotopic (exact) mass is 492 g/mol. The fraction of sp³-hybridized carbons (Fsp3) is 0.615. The third kappa shape index (κ3) is 8.15. The number of hydrogen-bond acceptors (Lipinski definition) is 7. The number of rotatable bonds is 8. The van der Waals surface area contributed by atoms with E-state index in [-0.39, 0.29) is 40.2 Å². The van der Waals surface area contributed by atoms with E-state index in [1.807, 2.05) is 40.9 Å². The molecule has 3 atom stereocenters. The number of oxime groups is 1. The molecule has 7 nitrogen and oxygen atoms in total. The van der Waals surface area contributed by atoms with Gasteiger partial charge < -0.3 is 10.1 Å². The topological polar surface area (TPSA) is 94.1 Å². The number of thioether (sulfide) groups is 1. The van der Waals surface area contributed by atoms with E-state index in [0.29, 0.717) is 6.42 Å². The van der Waals surface area contributed by atoms with Gasteiger partial charge in [-0.2, -0.15) is 11.8 Å². The fourth-order valence-corrected chi connectivity index (χ4v) is 3.87. The Morgan fingerprint density at radius 3 is 2.44 bits per heavy atom. The summed E-state index contributed by atoms with van der Waals surface area (Å²) in [4.78, 5) is 39.4. The van der Waals surface area contributed by atoms with Gasteiger partial charge in [0.05, 0.1) is 18.6 Å². The Hall–Kier alpha value is -2.35. The molecule has 2 aliphatic rings. The van der Waals surface area contributed by atoms with Crippen LogP contribution in [0.3, 0.4) is 0 Å². The van der Waals surface area contributed by atoms with Crippen LogP contribution in [-0.4, -0.2) is 48.2 Å². The van der Waals surface area contributed by atoms with E-state index in [4.69, 9.17) is 4.74 Å². The van der Waals surface area contributed by atoms with E-state index < -0.39 is 12.2 Å². The lowest BCUT2D eigenvalue weighted by Gasteiger charge is -2.13. The second-order valence-corrected chi connectivity index (χ2v) is 11.4. The first-order chi connectivity index (χ1) is 15.7. The van der Waals surface area contributed by atoms with Crippen molar-refractivity contribution in [2.24, 2.45) is 22.4 Å². The Kier molecular flexibility index (Phi) is 10.8. The first kappa shape index (κ1) is 29.7. The van der Waals surface area contributed by atoms with E-state index in [2.05, 4.69) is 41.8 Å². The number of carbonyl (C=O) groups excluding carboxylic acids is 3. The zero-order valence-electron chi connectivity index (χ0n) is 22.0. The SMILES string of the molecule is C=CCC1=C(C)C(OC(=O)C2C(C=C(C)C)C2(C)C)CC1=O.CNC(=O)O/N=C/C(C)(C)SC. The van der Waals surface area contributed by atoms with Gasteiger partial charge in [0, 0.05) is 17.4 Å². The number of ketones is 1. The second-order valence-electron chi connectivity index (χ2n) is 9.95. The summed E-state index contributed by atoms with van der Waals surface area (Å²) in [5, 5.41) is 5.81. The Morgan fingerprint density at radius 1 is 1.32 bits per heavy atom. The Labute approximate surface area is 208 Å². The molecule has 0 radical (unpaired) electrons. The van der Waals surface area contributed by atoms with Crippen LogP contribution in [0, 0.1) is 17.3 Å². The first-order valence-corrected chi connectivity index (χ1v) is 12.6. The lowest BCUT2D eigenvalue weighted by molar-refractivity contribution is -0.150. The zero-order chi connectivity index (χ0) is 26.3. The summed E-state index contributed by atoms with van der Waals surface area (Å²) in [6.07, 6.45) is 7.31. The molecule has 3 unspecified atom stereocenters. The maximum Gasteiger partial charge on any atom is 0.433 e. The maximum atomic E-state index is 12.5. The first-order valence-electron chi connectivity index (χ1n) is 11.4. The fourth-order valence-electron chi connectivity index (χ4n) is 3.72. The molecule has 0 aromatic rings. The van der Waals surface area contributed by atoms with Gasteiger partial charge >= 0.3 is 12.1 Å². The van der Waals surface area contributed by atoms with Gasteiger partial charge in [0.2, 0.25) is 0 Å². The summed E-state index contributed by atoms with van der Waals surface area (Å²) >= 11 is 1.63. The van der Waals surface area contributed by atoms with Gasteiger partial charge in [-0.05, 0) is 64.2 Å². The molecule has 1 N–H and O–H groups in total. The van der Waals surface area contributed by atoms with Crippen molar-refractivity contribution in [1.82, 2.24) is 5.32 Å². The van der Waals surface area contributed by atoms with Crippen LogP contribution >= 0.6 is 11.8 Å². The number of esters is 1. The highest BCUT2D eigenvalue weighted by molar-refractivity contribution is 8.00. The van der Waals surface area contributed by atoms with Gasteiger partial charge in [0.1, 0.15) is 6.10 Å². The van der Waals surface area contributed by atoms with Crippen LogP contribution in [0.15, 0.2) is 40.6 Å². The number of nitrogens with one attached hydrogen (secondary N) is 1. The van der Waals surface area contributed by atoms with Crippen molar-refractivity contribution in [1.29, 1.82) is 0 Å². The van der Waals surface area contributed by atoms with Crippen molar-refractivity contribution in [3.05, 3.63) is 35.5 Å². The number of amides is 1. The van der Waals surface area contributed by atoms with E-state index in [9.17, 15) is 14.4 Å². The molecule has 8 heteroatoms. The van der Waals surface area contributed by atoms with Crippen LogP contribution in [0.5, 0.6) is 0 Å². The van der Waals surface area contributed by atoms with Gasteiger partial charge in [-0.1, -0.05) is 36.7 Å². The van der Waals surface area contributed by atoms with Crippen LogP contribution in [0.2, 0.25) is 0 Å². The van der Waals surface area contributed by atoms with E-state index in [0.717, 1.165) is 11.1 Å². The number of nitrogens with zero attached hydrogens (tertiary/aromatic N) is 1. The normalized spacial score (nSPS) is 23.1. The minimum atomic E-state index is -0.553. The molecule has 34 heavy (non-hydrogen) atoms. The summed E-state index contributed by atoms with van der Waals surface area (Å²) in [6.45, 7) is 17.8. The highest BCUT2D eigenvalue weighted by Gasteiger charge is 2.61. The maximum absolute atomic E-state index is 12.5. The van der Waals surface area contributed by atoms with Gasteiger partial charge in [0.25, 0.3) is 0 Å².